The monoisotopic (exact) mass is 405 g/mol. The molecule has 1 amide bonds. The fourth-order valence-corrected chi connectivity index (χ4v) is 3.77. The maximum absolute atomic E-state index is 12.9. The molecule has 1 N–H and O–H groups in total. The van der Waals surface area contributed by atoms with E-state index in [1.165, 1.54) is 0 Å². The molecule has 0 radical (unpaired) electrons. The number of amides is 1. The second-order valence-electron chi connectivity index (χ2n) is 6.21. The molecule has 0 atom stereocenters. The average Bonchev–Trinajstić information content (AvgIpc) is 3.32. The molecule has 144 valence electrons. The molecular formula is C18H14F3N5OS. The smallest absolute Gasteiger partial charge is 0.308 e. The molecule has 4 rings (SSSR count). The zero-order valence-corrected chi connectivity index (χ0v) is 15.4. The van der Waals surface area contributed by atoms with E-state index in [9.17, 15) is 18.0 Å². The number of aromatic nitrogens is 4. The molecule has 0 saturated heterocycles. The van der Waals surface area contributed by atoms with Crippen LogP contribution in [0.25, 0.3) is 16.0 Å². The van der Waals surface area contributed by atoms with E-state index in [4.69, 9.17) is 0 Å². The van der Waals surface area contributed by atoms with Crippen LogP contribution in [0.2, 0.25) is 0 Å². The van der Waals surface area contributed by atoms with E-state index < -0.39 is 11.9 Å². The molecule has 3 aromatic heterocycles. The van der Waals surface area contributed by atoms with Gasteiger partial charge in [0.2, 0.25) is 5.91 Å². The van der Waals surface area contributed by atoms with Gasteiger partial charge in [0.1, 0.15) is 16.9 Å². The molecule has 0 aliphatic carbocycles. The predicted molar refractivity (Wildman–Crippen MR) is 99.0 cm³/mol. The van der Waals surface area contributed by atoms with Crippen molar-refractivity contribution in [2.75, 3.05) is 5.32 Å². The number of rotatable bonds is 4. The van der Waals surface area contributed by atoms with Gasteiger partial charge in [-0.15, -0.1) is 11.3 Å². The quantitative estimate of drug-likeness (QED) is 0.558. The lowest BCUT2D eigenvalue weighted by Gasteiger charge is -2.04. The summed E-state index contributed by atoms with van der Waals surface area (Å²) in [6.45, 7) is 0. The first-order valence-corrected chi connectivity index (χ1v) is 9.09. The van der Waals surface area contributed by atoms with Crippen molar-refractivity contribution in [3.05, 3.63) is 59.6 Å². The van der Waals surface area contributed by atoms with Gasteiger partial charge in [-0.1, -0.05) is 24.3 Å². The summed E-state index contributed by atoms with van der Waals surface area (Å²) in [5, 5.41) is 7.71. The number of hydrogen-bond donors (Lipinski definition) is 1. The SMILES string of the molecule is Cn1cc(-c2ccc(CC(=O)Nc3ncn4c(C(F)(F)F)csc34)cc2)cn1. The number of nitrogens with zero attached hydrogens (tertiary/aromatic N) is 4. The van der Waals surface area contributed by atoms with Gasteiger partial charge in [0.15, 0.2) is 5.82 Å². The van der Waals surface area contributed by atoms with Gasteiger partial charge < -0.3 is 5.32 Å². The Balaban J connectivity index is 1.46. The predicted octanol–water partition coefficient (Wildman–Crippen LogP) is 4.00. The number of aryl methyl sites for hydroxylation is 1. The number of thiazole rings is 1. The summed E-state index contributed by atoms with van der Waals surface area (Å²) in [6.07, 6.45) is 0.316. The normalized spacial score (nSPS) is 11.9. The van der Waals surface area contributed by atoms with Crippen molar-refractivity contribution in [2.45, 2.75) is 12.6 Å². The molecule has 28 heavy (non-hydrogen) atoms. The van der Waals surface area contributed by atoms with Crippen LogP contribution in [0.15, 0.2) is 48.4 Å². The van der Waals surface area contributed by atoms with Crippen molar-refractivity contribution < 1.29 is 18.0 Å². The highest BCUT2D eigenvalue weighted by Gasteiger charge is 2.35. The summed E-state index contributed by atoms with van der Waals surface area (Å²) in [7, 11) is 1.83. The van der Waals surface area contributed by atoms with Crippen LogP contribution in [0.1, 0.15) is 11.3 Å². The lowest BCUT2D eigenvalue weighted by Crippen LogP contribution is -2.14. The minimum absolute atomic E-state index is 0.0871. The summed E-state index contributed by atoms with van der Waals surface area (Å²) in [5.41, 5.74) is 1.91. The number of fused-ring (bicyclic) bond motifs is 1. The highest BCUT2D eigenvalue weighted by molar-refractivity contribution is 7.16. The van der Waals surface area contributed by atoms with Gasteiger partial charge in [0, 0.05) is 24.2 Å². The van der Waals surface area contributed by atoms with Gasteiger partial charge in [-0.25, -0.2) is 4.98 Å². The summed E-state index contributed by atoms with van der Waals surface area (Å²) < 4.78 is 41.4. The molecule has 10 heteroatoms. The number of imidazole rings is 1. The Kier molecular flexibility index (Phi) is 4.42. The molecule has 0 saturated carbocycles. The zero-order chi connectivity index (χ0) is 19.9. The highest BCUT2D eigenvalue weighted by atomic mass is 32.1. The average molecular weight is 405 g/mol. The molecule has 0 fully saturated rings. The fraction of sp³-hybridized carbons (Fsp3) is 0.167. The Bertz CT molecular complexity index is 1140. The van der Waals surface area contributed by atoms with Crippen molar-refractivity contribution in [3.8, 4) is 11.1 Å². The minimum atomic E-state index is -4.48. The third-order valence-electron chi connectivity index (χ3n) is 4.17. The van der Waals surface area contributed by atoms with Crippen LogP contribution in [-0.4, -0.2) is 25.1 Å². The molecule has 0 aliphatic rings. The number of halogens is 3. The zero-order valence-electron chi connectivity index (χ0n) is 14.6. The van der Waals surface area contributed by atoms with Gasteiger partial charge in [-0.2, -0.15) is 18.3 Å². The third-order valence-corrected chi connectivity index (χ3v) is 5.12. The number of anilines is 1. The number of nitrogens with one attached hydrogen (secondary N) is 1. The van der Waals surface area contributed by atoms with Crippen molar-refractivity contribution in [2.24, 2.45) is 7.05 Å². The van der Waals surface area contributed by atoms with E-state index >= 15 is 0 Å². The lowest BCUT2D eigenvalue weighted by molar-refractivity contribution is -0.141. The van der Waals surface area contributed by atoms with Crippen molar-refractivity contribution in [1.82, 2.24) is 19.2 Å². The molecule has 4 aromatic rings. The van der Waals surface area contributed by atoms with Crippen molar-refractivity contribution in [1.29, 1.82) is 0 Å². The molecule has 6 nitrogen and oxygen atoms in total. The second kappa shape index (κ2) is 6.79. The number of hydrogen-bond acceptors (Lipinski definition) is 4. The van der Waals surface area contributed by atoms with E-state index in [2.05, 4.69) is 15.4 Å². The van der Waals surface area contributed by atoms with Gasteiger partial charge in [-0.05, 0) is 11.1 Å². The second-order valence-corrected chi connectivity index (χ2v) is 7.07. The highest BCUT2D eigenvalue weighted by Crippen LogP contribution is 2.35. The largest absolute Gasteiger partial charge is 0.432 e. The van der Waals surface area contributed by atoms with Crippen molar-refractivity contribution >= 4 is 27.9 Å². The first kappa shape index (κ1) is 18.2. The number of benzene rings is 1. The standard InChI is InChI=1S/C18H14F3N5OS/c1-25-8-13(7-23-25)12-4-2-11(3-5-12)6-15(27)24-16-17-26(10-22-16)14(9-28-17)18(19,20)21/h2-5,7-10H,6H2,1H3,(H,24,27). The topological polar surface area (TPSA) is 64.2 Å². The van der Waals surface area contributed by atoms with E-state index in [1.54, 1.807) is 10.9 Å². The van der Waals surface area contributed by atoms with Crippen molar-refractivity contribution in [3.63, 3.8) is 0 Å². The van der Waals surface area contributed by atoms with Gasteiger partial charge in [0.25, 0.3) is 0 Å². The Morgan fingerprint density at radius 1 is 1.21 bits per heavy atom. The summed E-state index contributed by atoms with van der Waals surface area (Å²) in [4.78, 5) is 16.4. The molecular weight excluding hydrogens is 391 g/mol. The van der Waals surface area contributed by atoms with E-state index in [0.717, 1.165) is 44.1 Å². The Morgan fingerprint density at radius 2 is 1.96 bits per heavy atom. The number of carbonyl (C=O) groups is 1. The first-order valence-electron chi connectivity index (χ1n) is 8.21. The molecule has 0 spiro atoms. The lowest BCUT2D eigenvalue weighted by atomic mass is 10.1. The first-order chi connectivity index (χ1) is 13.3. The van der Waals surface area contributed by atoms with E-state index in [1.807, 2.05) is 37.5 Å². The Labute approximate surface area is 161 Å². The van der Waals surface area contributed by atoms with Gasteiger partial charge in [-0.3, -0.25) is 13.9 Å². The number of alkyl halides is 3. The Hall–Kier alpha value is -3.14. The molecule has 1 aromatic carbocycles. The van der Waals surface area contributed by atoms with Gasteiger partial charge >= 0.3 is 6.18 Å². The maximum Gasteiger partial charge on any atom is 0.432 e. The molecule has 0 unspecified atom stereocenters. The Morgan fingerprint density at radius 3 is 2.61 bits per heavy atom. The molecule has 3 heterocycles. The van der Waals surface area contributed by atoms with Crippen LogP contribution >= 0.6 is 11.3 Å². The number of carbonyl (C=O) groups excluding carboxylic acids is 1. The van der Waals surface area contributed by atoms with Crippen LogP contribution in [0, 0.1) is 0 Å². The van der Waals surface area contributed by atoms with Gasteiger partial charge in [0.05, 0.1) is 12.6 Å². The van der Waals surface area contributed by atoms with Crippen LogP contribution in [0.3, 0.4) is 0 Å². The third kappa shape index (κ3) is 3.50. The molecule has 0 bridgehead atoms. The van der Waals surface area contributed by atoms with Crippen LogP contribution in [0.4, 0.5) is 19.0 Å². The fourth-order valence-electron chi connectivity index (χ4n) is 2.83. The minimum Gasteiger partial charge on any atom is -0.308 e. The van der Waals surface area contributed by atoms with Crippen LogP contribution < -0.4 is 5.32 Å². The summed E-state index contributed by atoms with van der Waals surface area (Å²) in [6, 6.07) is 7.45. The summed E-state index contributed by atoms with van der Waals surface area (Å²) in [5.74, 6) is -0.228. The van der Waals surface area contributed by atoms with E-state index in [0.29, 0.717) is 0 Å². The van der Waals surface area contributed by atoms with Crippen LogP contribution in [0.5, 0.6) is 0 Å². The molecule has 0 aliphatic heterocycles. The van der Waals surface area contributed by atoms with Crippen LogP contribution in [-0.2, 0) is 24.4 Å². The summed E-state index contributed by atoms with van der Waals surface area (Å²) >= 11 is 0.882. The maximum atomic E-state index is 12.9. The van der Waals surface area contributed by atoms with E-state index in [-0.39, 0.29) is 23.0 Å².